The van der Waals surface area contributed by atoms with Crippen molar-refractivity contribution in [3.8, 4) is 0 Å². The smallest absolute Gasteiger partial charge is 0.0458 e. The third-order valence-electron chi connectivity index (χ3n) is 5.14. The average Bonchev–Trinajstić information content (AvgIpc) is 3.21. The van der Waals surface area contributed by atoms with Crippen molar-refractivity contribution in [2.75, 3.05) is 24.5 Å². The van der Waals surface area contributed by atoms with Gasteiger partial charge in [0.1, 0.15) is 0 Å². The first-order chi connectivity index (χ1) is 11.8. The molecule has 2 heterocycles. The Morgan fingerprint density at radius 1 is 1.08 bits per heavy atom. The van der Waals surface area contributed by atoms with E-state index in [0.29, 0.717) is 6.04 Å². The molecule has 24 heavy (non-hydrogen) atoms. The zero-order valence-corrected chi connectivity index (χ0v) is 14.3. The molecule has 3 aromatic rings. The molecule has 1 unspecified atom stereocenters. The van der Waals surface area contributed by atoms with Crippen molar-refractivity contribution < 1.29 is 0 Å². The minimum atomic E-state index is 0.593. The highest BCUT2D eigenvalue weighted by Crippen LogP contribution is 2.23. The molecule has 3 heteroatoms. The number of aryl methyl sites for hydroxylation is 1. The van der Waals surface area contributed by atoms with Crippen LogP contribution in [0.2, 0.25) is 0 Å². The van der Waals surface area contributed by atoms with Gasteiger partial charge in [-0.2, -0.15) is 0 Å². The van der Waals surface area contributed by atoms with E-state index >= 15 is 0 Å². The van der Waals surface area contributed by atoms with Gasteiger partial charge in [-0.15, -0.1) is 0 Å². The van der Waals surface area contributed by atoms with Crippen LogP contribution in [0.25, 0.3) is 10.9 Å². The number of hydrogen-bond donors (Lipinski definition) is 2. The molecule has 1 saturated heterocycles. The van der Waals surface area contributed by atoms with Crippen LogP contribution < -0.4 is 10.2 Å². The van der Waals surface area contributed by atoms with Gasteiger partial charge in [0.05, 0.1) is 0 Å². The SMILES string of the molecule is Cc1[nH]c2ccccc2c1CCNC1CCN(c2ccccc2)C1. The lowest BCUT2D eigenvalue weighted by Gasteiger charge is -2.19. The minimum Gasteiger partial charge on any atom is -0.370 e. The maximum absolute atomic E-state index is 3.76. The fourth-order valence-electron chi connectivity index (χ4n) is 3.86. The van der Waals surface area contributed by atoms with Crippen LogP contribution in [0, 0.1) is 6.92 Å². The summed E-state index contributed by atoms with van der Waals surface area (Å²) in [5.74, 6) is 0. The molecule has 1 aliphatic heterocycles. The molecule has 0 radical (unpaired) electrons. The predicted molar refractivity (Wildman–Crippen MR) is 102 cm³/mol. The van der Waals surface area contributed by atoms with Crippen molar-refractivity contribution >= 4 is 16.6 Å². The average molecular weight is 319 g/mol. The normalized spacial score (nSPS) is 17.7. The van der Waals surface area contributed by atoms with Crippen LogP contribution in [0.4, 0.5) is 5.69 Å². The molecule has 1 aliphatic rings. The molecule has 0 bridgehead atoms. The van der Waals surface area contributed by atoms with Gasteiger partial charge in [-0.05, 0) is 50.1 Å². The lowest BCUT2D eigenvalue weighted by molar-refractivity contribution is 0.554. The maximum Gasteiger partial charge on any atom is 0.0458 e. The molecule has 4 rings (SSSR count). The Bertz CT molecular complexity index is 806. The van der Waals surface area contributed by atoms with E-state index in [0.717, 1.165) is 26.1 Å². The molecule has 0 spiro atoms. The Morgan fingerprint density at radius 3 is 2.75 bits per heavy atom. The van der Waals surface area contributed by atoms with Crippen LogP contribution in [-0.2, 0) is 6.42 Å². The molecule has 1 fully saturated rings. The largest absolute Gasteiger partial charge is 0.370 e. The Hall–Kier alpha value is -2.26. The van der Waals surface area contributed by atoms with Crippen LogP contribution in [0.1, 0.15) is 17.7 Å². The number of nitrogens with zero attached hydrogens (tertiary/aromatic N) is 1. The number of benzene rings is 2. The quantitative estimate of drug-likeness (QED) is 0.747. The van der Waals surface area contributed by atoms with Gasteiger partial charge in [-0.1, -0.05) is 36.4 Å². The van der Waals surface area contributed by atoms with Gasteiger partial charge in [-0.3, -0.25) is 0 Å². The fourth-order valence-corrected chi connectivity index (χ4v) is 3.86. The van der Waals surface area contributed by atoms with E-state index < -0.39 is 0 Å². The molecule has 0 amide bonds. The molecular weight excluding hydrogens is 294 g/mol. The fraction of sp³-hybridized carbons (Fsp3) is 0.333. The summed E-state index contributed by atoms with van der Waals surface area (Å²) in [7, 11) is 0. The summed E-state index contributed by atoms with van der Waals surface area (Å²) >= 11 is 0. The van der Waals surface area contributed by atoms with Gasteiger partial charge < -0.3 is 15.2 Å². The van der Waals surface area contributed by atoms with Gasteiger partial charge >= 0.3 is 0 Å². The number of rotatable bonds is 5. The maximum atomic E-state index is 3.76. The number of aromatic amines is 1. The van der Waals surface area contributed by atoms with E-state index in [-0.39, 0.29) is 0 Å². The van der Waals surface area contributed by atoms with Crippen molar-refractivity contribution in [1.82, 2.24) is 10.3 Å². The zero-order valence-electron chi connectivity index (χ0n) is 14.3. The van der Waals surface area contributed by atoms with E-state index in [4.69, 9.17) is 0 Å². The number of nitrogens with one attached hydrogen (secondary N) is 2. The van der Waals surface area contributed by atoms with E-state index in [1.165, 1.54) is 34.3 Å². The number of fused-ring (bicyclic) bond motifs is 1. The van der Waals surface area contributed by atoms with Crippen molar-refractivity contribution in [3.63, 3.8) is 0 Å². The standard InChI is InChI=1S/C21H25N3/c1-16-19(20-9-5-6-10-21(20)23-16)11-13-22-17-12-14-24(15-17)18-7-3-2-4-8-18/h2-10,17,22-23H,11-15H2,1H3. The molecule has 1 aromatic heterocycles. The second kappa shape index (κ2) is 6.70. The summed E-state index contributed by atoms with van der Waals surface area (Å²) < 4.78 is 0. The van der Waals surface area contributed by atoms with Gasteiger partial charge in [0, 0.05) is 41.4 Å². The third kappa shape index (κ3) is 3.04. The first-order valence-electron chi connectivity index (χ1n) is 8.91. The van der Waals surface area contributed by atoms with Crippen molar-refractivity contribution in [3.05, 3.63) is 65.9 Å². The van der Waals surface area contributed by atoms with E-state index in [1.54, 1.807) is 0 Å². The zero-order chi connectivity index (χ0) is 16.4. The van der Waals surface area contributed by atoms with Gasteiger partial charge in [0.2, 0.25) is 0 Å². The van der Waals surface area contributed by atoms with E-state index in [9.17, 15) is 0 Å². The molecule has 124 valence electrons. The molecular formula is C21H25N3. The number of aromatic nitrogens is 1. The van der Waals surface area contributed by atoms with Gasteiger partial charge in [0.15, 0.2) is 0 Å². The Kier molecular flexibility index (Phi) is 4.26. The predicted octanol–water partition coefficient (Wildman–Crippen LogP) is 3.89. The highest BCUT2D eigenvalue weighted by Gasteiger charge is 2.22. The highest BCUT2D eigenvalue weighted by molar-refractivity contribution is 5.84. The Balaban J connectivity index is 1.34. The second-order valence-corrected chi connectivity index (χ2v) is 6.75. The molecule has 2 N–H and O–H groups in total. The second-order valence-electron chi connectivity index (χ2n) is 6.75. The summed E-state index contributed by atoms with van der Waals surface area (Å²) in [6.07, 6.45) is 2.31. The summed E-state index contributed by atoms with van der Waals surface area (Å²) in [4.78, 5) is 5.98. The van der Waals surface area contributed by atoms with Crippen LogP contribution in [0.3, 0.4) is 0 Å². The molecule has 0 saturated carbocycles. The van der Waals surface area contributed by atoms with Crippen LogP contribution in [0.5, 0.6) is 0 Å². The first-order valence-corrected chi connectivity index (χ1v) is 8.91. The monoisotopic (exact) mass is 319 g/mol. The summed E-state index contributed by atoms with van der Waals surface area (Å²) in [5, 5.41) is 5.13. The van der Waals surface area contributed by atoms with Crippen molar-refractivity contribution in [2.24, 2.45) is 0 Å². The van der Waals surface area contributed by atoms with Crippen LogP contribution in [0.15, 0.2) is 54.6 Å². The van der Waals surface area contributed by atoms with Crippen LogP contribution in [-0.4, -0.2) is 30.7 Å². The molecule has 3 nitrogen and oxygen atoms in total. The number of para-hydroxylation sites is 2. The summed E-state index contributed by atoms with van der Waals surface area (Å²) in [6, 6.07) is 19.9. The van der Waals surface area contributed by atoms with Crippen LogP contribution >= 0.6 is 0 Å². The van der Waals surface area contributed by atoms with Crippen molar-refractivity contribution in [1.29, 1.82) is 0 Å². The highest BCUT2D eigenvalue weighted by atomic mass is 15.2. The van der Waals surface area contributed by atoms with Crippen molar-refractivity contribution in [2.45, 2.75) is 25.8 Å². The van der Waals surface area contributed by atoms with Gasteiger partial charge in [-0.25, -0.2) is 0 Å². The van der Waals surface area contributed by atoms with E-state index in [2.05, 4.69) is 76.7 Å². The minimum absolute atomic E-state index is 0.593. The summed E-state index contributed by atoms with van der Waals surface area (Å²) in [6.45, 7) is 5.47. The first kappa shape index (κ1) is 15.3. The Morgan fingerprint density at radius 2 is 1.88 bits per heavy atom. The number of H-pyrrole nitrogens is 1. The molecule has 1 atom stereocenters. The number of hydrogen-bond acceptors (Lipinski definition) is 2. The Labute approximate surface area is 143 Å². The summed E-state index contributed by atoms with van der Waals surface area (Å²) in [5.41, 5.74) is 5.35. The molecule has 2 aromatic carbocycles. The topological polar surface area (TPSA) is 31.1 Å². The third-order valence-corrected chi connectivity index (χ3v) is 5.14. The van der Waals surface area contributed by atoms with Gasteiger partial charge in [0.25, 0.3) is 0 Å². The number of anilines is 1. The lowest BCUT2D eigenvalue weighted by atomic mass is 10.1. The van der Waals surface area contributed by atoms with E-state index in [1.807, 2.05) is 0 Å². The molecule has 0 aliphatic carbocycles. The lowest BCUT2D eigenvalue weighted by Crippen LogP contribution is -2.33.